The molecule has 12 heteroatoms. The summed E-state index contributed by atoms with van der Waals surface area (Å²) in [6.07, 6.45) is -1.13. The summed E-state index contributed by atoms with van der Waals surface area (Å²) < 4.78 is 10.9. The van der Waals surface area contributed by atoms with Crippen LogP contribution in [0.25, 0.3) is 11.1 Å². The van der Waals surface area contributed by atoms with E-state index >= 15 is 0 Å². The number of amides is 4. The molecule has 11 nitrogen and oxygen atoms in total. The number of nitrogens with zero attached hydrogens (tertiary/aromatic N) is 1. The van der Waals surface area contributed by atoms with Gasteiger partial charge in [-0.3, -0.25) is 9.59 Å². The van der Waals surface area contributed by atoms with Gasteiger partial charge >= 0.3 is 12.2 Å². The molecule has 0 fully saturated rings. The number of halogens is 1. The first kappa shape index (κ1) is 36.9. The van der Waals surface area contributed by atoms with Crippen molar-refractivity contribution < 1.29 is 28.7 Å². The lowest BCUT2D eigenvalue weighted by Gasteiger charge is -2.24. The van der Waals surface area contributed by atoms with Gasteiger partial charge in [0.25, 0.3) is 0 Å². The average molecular weight is 666 g/mol. The molecular weight excluding hydrogens is 622 g/mol. The monoisotopic (exact) mass is 665 g/mol. The highest BCUT2D eigenvalue weighted by Crippen LogP contribution is 2.44. The van der Waals surface area contributed by atoms with Gasteiger partial charge in [0.05, 0.1) is 0 Å². The van der Waals surface area contributed by atoms with Crippen LogP contribution in [-0.2, 0) is 25.7 Å². The fourth-order valence-electron chi connectivity index (χ4n) is 5.23. The fourth-order valence-corrected chi connectivity index (χ4v) is 5.23. The molecule has 4 N–H and O–H groups in total. The van der Waals surface area contributed by atoms with Gasteiger partial charge in [-0.15, -0.1) is 12.4 Å². The molecule has 1 aliphatic carbocycles. The van der Waals surface area contributed by atoms with Crippen LogP contribution in [0.15, 0.2) is 72.8 Å². The summed E-state index contributed by atoms with van der Waals surface area (Å²) in [6, 6.07) is 21.2. The van der Waals surface area contributed by atoms with Crippen LogP contribution in [0.1, 0.15) is 43.4 Å². The maximum absolute atomic E-state index is 13.1. The molecule has 3 aromatic carbocycles. The van der Waals surface area contributed by atoms with Gasteiger partial charge in [0.1, 0.15) is 25.3 Å². The van der Waals surface area contributed by atoms with Crippen LogP contribution in [0.3, 0.4) is 0 Å². The van der Waals surface area contributed by atoms with Crippen LogP contribution < -0.4 is 21.3 Å². The van der Waals surface area contributed by atoms with E-state index in [0.29, 0.717) is 18.8 Å². The molecule has 0 radical (unpaired) electrons. The molecule has 1 aliphatic rings. The number of nitrogens with one attached hydrogen (secondary N) is 4. The maximum atomic E-state index is 13.1. The van der Waals surface area contributed by atoms with Gasteiger partial charge in [-0.25, -0.2) is 9.59 Å². The summed E-state index contributed by atoms with van der Waals surface area (Å²) in [4.78, 5) is 52.4. The highest BCUT2D eigenvalue weighted by Gasteiger charge is 2.31. The van der Waals surface area contributed by atoms with Gasteiger partial charge in [0, 0.05) is 31.7 Å². The summed E-state index contributed by atoms with van der Waals surface area (Å²) >= 11 is 0. The lowest BCUT2D eigenvalue weighted by Crippen LogP contribution is -2.53. The van der Waals surface area contributed by atoms with Crippen LogP contribution in [0, 0.1) is 5.92 Å². The Hall–Kier alpha value is -4.61. The second-order valence-electron chi connectivity index (χ2n) is 11.7. The SMILES string of the molecule is CNCCN(C)C(=O)OCc1ccc(NC(=O)[C@@H](C)NC(=O)[C@H](NC(=O)OCC2c3ccccc3-c3ccccc32)C(C)C)cc1.Cl. The van der Waals surface area contributed by atoms with Crippen LogP contribution in [0.5, 0.6) is 0 Å². The third-order valence-electron chi connectivity index (χ3n) is 7.91. The quantitative estimate of drug-likeness (QED) is 0.204. The summed E-state index contributed by atoms with van der Waals surface area (Å²) in [5.41, 5.74) is 5.71. The normalized spacial score (nSPS) is 12.9. The van der Waals surface area contributed by atoms with Crippen molar-refractivity contribution in [3.63, 3.8) is 0 Å². The van der Waals surface area contributed by atoms with Gasteiger partial charge in [-0.1, -0.05) is 74.5 Å². The van der Waals surface area contributed by atoms with Crippen molar-refractivity contribution in [2.24, 2.45) is 5.92 Å². The zero-order chi connectivity index (χ0) is 33.2. The van der Waals surface area contributed by atoms with Crippen molar-refractivity contribution in [3.05, 3.63) is 89.5 Å². The lowest BCUT2D eigenvalue weighted by molar-refractivity contribution is -0.128. The summed E-state index contributed by atoms with van der Waals surface area (Å²) in [7, 11) is 3.47. The minimum atomic E-state index is -0.912. The molecular formula is C35H44ClN5O6. The number of rotatable bonds is 13. The summed E-state index contributed by atoms with van der Waals surface area (Å²) in [5.74, 6) is -1.29. The van der Waals surface area contributed by atoms with E-state index in [1.54, 1.807) is 52.1 Å². The molecule has 0 heterocycles. The van der Waals surface area contributed by atoms with Crippen LogP contribution in [0.2, 0.25) is 0 Å². The number of anilines is 1. The van der Waals surface area contributed by atoms with Crippen LogP contribution in [-0.4, -0.2) is 74.8 Å². The van der Waals surface area contributed by atoms with Crippen LogP contribution >= 0.6 is 12.4 Å². The molecule has 4 amide bonds. The Morgan fingerprint density at radius 3 is 1.98 bits per heavy atom. The molecule has 0 saturated heterocycles. The second-order valence-corrected chi connectivity index (χ2v) is 11.7. The Labute approximate surface area is 282 Å². The Morgan fingerprint density at radius 1 is 0.809 bits per heavy atom. The third-order valence-corrected chi connectivity index (χ3v) is 7.91. The van der Waals surface area contributed by atoms with Crippen molar-refractivity contribution in [2.75, 3.05) is 39.1 Å². The first-order valence-electron chi connectivity index (χ1n) is 15.4. The van der Waals surface area contributed by atoms with Gasteiger partial charge in [0.15, 0.2) is 0 Å². The number of hydrogen-bond acceptors (Lipinski definition) is 7. The van der Waals surface area contributed by atoms with Crippen molar-refractivity contribution in [1.29, 1.82) is 0 Å². The standard InChI is InChI=1S/C35H43N5O6.ClH/c1-22(2)31(39-34(43)45-21-30-28-12-8-6-10-26(28)27-11-7-9-13-29(27)30)33(42)37-23(3)32(41)38-25-16-14-24(15-17-25)20-46-35(44)40(5)19-18-36-4;/h6-17,22-23,30-31,36H,18-21H2,1-5H3,(H,37,42)(H,38,41)(H,39,43);1H/t23-,31-;/m1./s1. The molecule has 0 aromatic heterocycles. The summed E-state index contributed by atoms with van der Waals surface area (Å²) in [5, 5.41) is 11.1. The number of alkyl carbamates (subject to hydrolysis) is 1. The minimum absolute atomic E-state index is 0. The first-order valence-corrected chi connectivity index (χ1v) is 15.4. The molecule has 3 aromatic rings. The molecule has 0 aliphatic heterocycles. The molecule has 0 saturated carbocycles. The Morgan fingerprint density at radius 2 is 1.40 bits per heavy atom. The molecule has 2 atom stereocenters. The molecule has 252 valence electrons. The van der Waals surface area contributed by atoms with Crippen molar-refractivity contribution in [1.82, 2.24) is 20.9 Å². The Balaban J connectivity index is 0.00000600. The van der Waals surface area contributed by atoms with E-state index in [-0.39, 0.29) is 37.5 Å². The third kappa shape index (κ3) is 9.69. The lowest BCUT2D eigenvalue weighted by atomic mass is 9.98. The van der Waals surface area contributed by atoms with Gasteiger partial charge in [-0.05, 0) is 59.8 Å². The number of benzene rings is 3. The van der Waals surface area contributed by atoms with Crippen molar-refractivity contribution in [2.45, 2.75) is 45.4 Å². The fraction of sp³-hybridized carbons (Fsp3) is 0.371. The predicted octanol–water partition coefficient (Wildman–Crippen LogP) is 4.90. The highest BCUT2D eigenvalue weighted by atomic mass is 35.5. The molecule has 4 rings (SSSR count). The minimum Gasteiger partial charge on any atom is -0.449 e. The number of hydrogen-bond donors (Lipinski definition) is 4. The average Bonchev–Trinajstić information content (AvgIpc) is 3.37. The Bertz CT molecular complexity index is 1490. The smallest absolute Gasteiger partial charge is 0.409 e. The first-order chi connectivity index (χ1) is 22.1. The van der Waals surface area contributed by atoms with E-state index in [2.05, 4.69) is 33.4 Å². The van der Waals surface area contributed by atoms with E-state index in [1.165, 1.54) is 4.90 Å². The van der Waals surface area contributed by atoms with Crippen molar-refractivity contribution >= 4 is 42.1 Å². The van der Waals surface area contributed by atoms with Crippen LogP contribution in [0.4, 0.5) is 15.3 Å². The number of carbonyl (C=O) groups is 4. The van der Waals surface area contributed by atoms with E-state index in [0.717, 1.165) is 27.8 Å². The zero-order valence-corrected chi connectivity index (χ0v) is 28.2. The molecule has 0 unspecified atom stereocenters. The predicted molar refractivity (Wildman–Crippen MR) is 183 cm³/mol. The maximum Gasteiger partial charge on any atom is 0.409 e. The number of likely N-dealkylation sites (N-methyl/N-ethyl adjacent to an activating group) is 2. The molecule has 0 spiro atoms. The molecule has 0 bridgehead atoms. The van der Waals surface area contributed by atoms with Gasteiger partial charge in [-0.2, -0.15) is 0 Å². The highest BCUT2D eigenvalue weighted by molar-refractivity contribution is 5.98. The largest absolute Gasteiger partial charge is 0.449 e. The van der Waals surface area contributed by atoms with Gasteiger partial charge < -0.3 is 35.6 Å². The number of carbonyl (C=O) groups excluding carboxylic acids is 4. The van der Waals surface area contributed by atoms with Crippen molar-refractivity contribution in [3.8, 4) is 11.1 Å². The number of fused-ring (bicyclic) bond motifs is 3. The van der Waals surface area contributed by atoms with E-state index in [1.807, 2.05) is 43.4 Å². The van der Waals surface area contributed by atoms with E-state index in [9.17, 15) is 19.2 Å². The summed E-state index contributed by atoms with van der Waals surface area (Å²) in [6.45, 7) is 6.58. The number of ether oxygens (including phenoxy) is 2. The zero-order valence-electron chi connectivity index (χ0n) is 27.4. The van der Waals surface area contributed by atoms with Gasteiger partial charge in [0.2, 0.25) is 11.8 Å². The van der Waals surface area contributed by atoms with E-state index in [4.69, 9.17) is 9.47 Å². The Kier molecular flexibility index (Phi) is 13.6. The second kappa shape index (κ2) is 17.3. The topological polar surface area (TPSA) is 138 Å². The molecule has 47 heavy (non-hydrogen) atoms. The van der Waals surface area contributed by atoms with E-state index < -0.39 is 36.1 Å².